The van der Waals surface area contributed by atoms with E-state index in [-0.39, 0.29) is 11.5 Å². The number of aromatic nitrogens is 3. The maximum atomic E-state index is 14.3. The SMILES string of the molecule is CC(=O)O[C@H]1[C@H](c2ccc3c(N)ncnn23)O[C@](C#N)(COP(=O)(N[C@@H](C)C(=O)OC(C)C)N[C@@H](C)C(=O)OC(C)C)[C@H]1OC(C)=O. The minimum Gasteiger partial charge on any atom is -0.462 e. The number of hydrogen-bond acceptors (Lipinski definition) is 15. The van der Waals surface area contributed by atoms with Gasteiger partial charge < -0.3 is 33.9 Å². The zero-order valence-corrected chi connectivity index (χ0v) is 28.2. The van der Waals surface area contributed by atoms with Crippen LogP contribution in [0, 0.1) is 11.3 Å². The topological polar surface area (TPSA) is 245 Å². The Hall–Kier alpha value is -4.14. The van der Waals surface area contributed by atoms with E-state index in [0.717, 1.165) is 13.8 Å². The normalized spacial score (nSPS) is 22.4. The highest BCUT2D eigenvalue weighted by Gasteiger charge is 2.62. The maximum Gasteiger partial charge on any atom is 0.342 e. The van der Waals surface area contributed by atoms with Crippen LogP contribution in [0.5, 0.6) is 0 Å². The van der Waals surface area contributed by atoms with Crippen LogP contribution in [0.25, 0.3) is 5.52 Å². The number of anilines is 1. The van der Waals surface area contributed by atoms with Crippen molar-refractivity contribution >= 4 is 42.9 Å². The van der Waals surface area contributed by atoms with Crippen LogP contribution in [-0.2, 0) is 52.0 Å². The number of nitrogens with two attached hydrogens (primary N) is 1. The molecule has 1 aliphatic heterocycles. The first kappa shape index (κ1) is 37.3. The largest absolute Gasteiger partial charge is 0.462 e. The molecule has 0 amide bonds. The predicted molar refractivity (Wildman–Crippen MR) is 162 cm³/mol. The fourth-order valence-corrected chi connectivity index (χ4v) is 6.51. The van der Waals surface area contributed by atoms with Gasteiger partial charge in [-0.15, -0.1) is 0 Å². The van der Waals surface area contributed by atoms with Gasteiger partial charge in [0, 0.05) is 13.8 Å². The second-order valence-electron chi connectivity index (χ2n) is 11.3. The first-order valence-electron chi connectivity index (χ1n) is 14.6. The van der Waals surface area contributed by atoms with E-state index in [1.165, 1.54) is 24.7 Å². The fraction of sp³-hybridized carbons (Fsp3) is 0.607. The van der Waals surface area contributed by atoms with Gasteiger partial charge in [0.05, 0.1) is 17.9 Å². The van der Waals surface area contributed by atoms with Crippen molar-refractivity contribution in [3.05, 3.63) is 24.2 Å². The third-order valence-corrected chi connectivity index (χ3v) is 8.53. The van der Waals surface area contributed by atoms with Gasteiger partial charge in [0.15, 0.2) is 18.0 Å². The number of nitrogen functional groups attached to an aromatic ring is 1. The summed E-state index contributed by atoms with van der Waals surface area (Å²) in [6.07, 6.45) is -4.20. The van der Waals surface area contributed by atoms with Crippen molar-refractivity contribution in [2.45, 2.75) is 104 Å². The lowest BCUT2D eigenvalue weighted by Crippen LogP contribution is -2.50. The Morgan fingerprint density at radius 2 is 1.57 bits per heavy atom. The highest BCUT2D eigenvalue weighted by atomic mass is 31.2. The molecule has 0 spiro atoms. The number of nitriles is 1. The van der Waals surface area contributed by atoms with E-state index in [1.54, 1.807) is 39.8 Å². The second-order valence-corrected chi connectivity index (χ2v) is 13.2. The first-order chi connectivity index (χ1) is 21.9. The van der Waals surface area contributed by atoms with Crippen LogP contribution in [0.1, 0.15) is 67.2 Å². The lowest BCUT2D eigenvalue weighted by molar-refractivity contribution is -0.166. The average molecular weight is 682 g/mol. The van der Waals surface area contributed by atoms with Gasteiger partial charge >= 0.3 is 31.5 Å². The molecule has 1 saturated heterocycles. The van der Waals surface area contributed by atoms with Crippen LogP contribution < -0.4 is 15.9 Å². The monoisotopic (exact) mass is 681 g/mol. The summed E-state index contributed by atoms with van der Waals surface area (Å²) < 4.78 is 49.0. The summed E-state index contributed by atoms with van der Waals surface area (Å²) in [6, 6.07) is 2.55. The molecule has 18 nitrogen and oxygen atoms in total. The van der Waals surface area contributed by atoms with Gasteiger partial charge in [-0.2, -0.15) is 10.4 Å². The van der Waals surface area contributed by atoms with Gasteiger partial charge in [0.1, 0.15) is 42.7 Å². The number of nitrogens with one attached hydrogen (secondary N) is 2. The van der Waals surface area contributed by atoms with Crippen molar-refractivity contribution in [2.75, 3.05) is 12.3 Å². The molecule has 0 saturated carbocycles. The summed E-state index contributed by atoms with van der Waals surface area (Å²) >= 11 is 0. The Morgan fingerprint density at radius 1 is 1.02 bits per heavy atom. The highest BCUT2D eigenvalue weighted by molar-refractivity contribution is 7.54. The van der Waals surface area contributed by atoms with Crippen molar-refractivity contribution < 1.29 is 52.0 Å². The molecule has 3 rings (SSSR count). The van der Waals surface area contributed by atoms with Crippen LogP contribution in [0.3, 0.4) is 0 Å². The zero-order chi connectivity index (χ0) is 35.3. The molecule has 0 radical (unpaired) electrons. The summed E-state index contributed by atoms with van der Waals surface area (Å²) in [7, 11) is -4.49. The van der Waals surface area contributed by atoms with Crippen LogP contribution in [0.15, 0.2) is 18.5 Å². The van der Waals surface area contributed by atoms with E-state index in [9.17, 15) is 29.0 Å². The van der Waals surface area contributed by atoms with E-state index in [1.807, 2.05) is 6.07 Å². The molecule has 19 heteroatoms. The first-order valence-corrected chi connectivity index (χ1v) is 16.3. The lowest BCUT2D eigenvalue weighted by atomic mass is 9.95. The van der Waals surface area contributed by atoms with Crippen molar-refractivity contribution in [1.29, 1.82) is 5.26 Å². The molecule has 2 aromatic heterocycles. The lowest BCUT2D eigenvalue weighted by Gasteiger charge is -2.31. The van der Waals surface area contributed by atoms with Crippen molar-refractivity contribution in [3.63, 3.8) is 0 Å². The van der Waals surface area contributed by atoms with E-state index < -0.39 is 86.4 Å². The molecule has 6 atom stereocenters. The predicted octanol–water partition coefficient (Wildman–Crippen LogP) is 1.49. The summed E-state index contributed by atoms with van der Waals surface area (Å²) in [6.45, 7) is 10.5. The minimum absolute atomic E-state index is 0.119. The molecule has 0 unspecified atom stereocenters. The number of rotatable bonds is 14. The molecular formula is C28H40N7O11P. The summed E-state index contributed by atoms with van der Waals surface area (Å²) in [5.74, 6) is -3.12. The van der Waals surface area contributed by atoms with E-state index in [2.05, 4.69) is 20.3 Å². The number of nitrogens with zero attached hydrogens (tertiary/aromatic N) is 4. The van der Waals surface area contributed by atoms with Crippen LogP contribution in [0.2, 0.25) is 0 Å². The summed E-state index contributed by atoms with van der Waals surface area (Å²) in [5, 5.41) is 19.8. The Kier molecular flexibility index (Phi) is 12.1. The zero-order valence-electron chi connectivity index (χ0n) is 27.3. The van der Waals surface area contributed by atoms with Gasteiger partial charge in [0.25, 0.3) is 0 Å². The van der Waals surface area contributed by atoms with Gasteiger partial charge in [-0.05, 0) is 53.7 Å². The molecule has 3 heterocycles. The Balaban J connectivity index is 2.06. The van der Waals surface area contributed by atoms with E-state index in [0.29, 0.717) is 5.52 Å². The van der Waals surface area contributed by atoms with Crippen LogP contribution >= 0.6 is 7.67 Å². The Labute approximate surface area is 271 Å². The minimum atomic E-state index is -4.49. The molecule has 2 aromatic rings. The molecule has 47 heavy (non-hydrogen) atoms. The Morgan fingerprint density at radius 3 is 2.06 bits per heavy atom. The summed E-state index contributed by atoms with van der Waals surface area (Å²) in [5.41, 5.74) is 4.31. The number of hydrogen-bond donors (Lipinski definition) is 3. The number of carbonyl (C=O) groups is 4. The highest BCUT2D eigenvalue weighted by Crippen LogP contribution is 2.47. The van der Waals surface area contributed by atoms with Gasteiger partial charge in [-0.1, -0.05) is 0 Å². The van der Waals surface area contributed by atoms with Gasteiger partial charge in [0.2, 0.25) is 5.60 Å². The van der Waals surface area contributed by atoms with Crippen molar-refractivity contribution in [3.8, 4) is 6.07 Å². The van der Waals surface area contributed by atoms with E-state index >= 15 is 0 Å². The van der Waals surface area contributed by atoms with E-state index in [4.69, 9.17) is 33.9 Å². The molecule has 258 valence electrons. The Bertz CT molecular complexity index is 1540. The maximum absolute atomic E-state index is 14.3. The molecular weight excluding hydrogens is 641 g/mol. The van der Waals surface area contributed by atoms with Crippen LogP contribution in [0.4, 0.5) is 5.82 Å². The fourth-order valence-electron chi connectivity index (χ4n) is 4.68. The molecule has 1 fully saturated rings. The molecule has 0 aromatic carbocycles. The summed E-state index contributed by atoms with van der Waals surface area (Å²) in [4.78, 5) is 53.7. The van der Waals surface area contributed by atoms with Gasteiger partial charge in [-0.25, -0.2) is 19.7 Å². The number of carbonyl (C=O) groups excluding carboxylic acids is 4. The van der Waals surface area contributed by atoms with Crippen molar-refractivity contribution in [1.82, 2.24) is 24.8 Å². The second kappa shape index (κ2) is 15.2. The standard InChI is InChI=1S/C28H40N7O11P/c1-14(2)42-26(38)16(5)33-47(40,34-17(6)27(39)43-15(3)4)41-12-28(11-29)24(45-19(8)37)23(44-18(7)36)22(46-28)20-9-10-21-25(30)31-13-32-35(20)21/h9-10,13-17,22-24H,12H2,1-8H3,(H2,30,31,32)(H2,33,34,40)/t16-,17-,22-,23-,24-,28+/m0/s1. The van der Waals surface area contributed by atoms with Gasteiger partial charge in [-0.3, -0.25) is 23.7 Å². The molecule has 4 N–H and O–H groups in total. The van der Waals surface area contributed by atoms with Crippen molar-refractivity contribution in [2.24, 2.45) is 0 Å². The smallest absolute Gasteiger partial charge is 0.342 e. The number of fused-ring (bicyclic) bond motifs is 1. The third kappa shape index (κ3) is 9.02. The number of esters is 4. The third-order valence-electron chi connectivity index (χ3n) is 6.58. The molecule has 1 aliphatic rings. The molecule has 0 bridgehead atoms. The number of ether oxygens (including phenoxy) is 5. The molecule has 0 aliphatic carbocycles. The quantitative estimate of drug-likeness (QED) is 0.145. The van der Waals surface area contributed by atoms with Crippen LogP contribution in [-0.4, -0.2) is 87.2 Å². The average Bonchev–Trinajstić information content (AvgIpc) is 3.51.